The van der Waals surface area contributed by atoms with Crippen molar-refractivity contribution in [2.24, 2.45) is 0 Å². The quantitative estimate of drug-likeness (QED) is 0.881. The summed E-state index contributed by atoms with van der Waals surface area (Å²) < 4.78 is 26.4. The van der Waals surface area contributed by atoms with Crippen molar-refractivity contribution in [3.63, 3.8) is 0 Å². The Morgan fingerprint density at radius 1 is 1.06 bits per heavy atom. The molecule has 18 heavy (non-hydrogen) atoms. The highest BCUT2D eigenvalue weighted by Gasteiger charge is 2.13. The molecule has 2 rings (SSSR count). The minimum absolute atomic E-state index is 0.180. The van der Waals surface area contributed by atoms with Gasteiger partial charge in [0, 0.05) is 12.3 Å². The van der Waals surface area contributed by atoms with E-state index in [4.69, 9.17) is 0 Å². The number of hydrogen-bond donors (Lipinski definition) is 2. The number of nitrogens with one attached hydrogen (secondary N) is 2. The first-order chi connectivity index (χ1) is 8.47. The van der Waals surface area contributed by atoms with Crippen molar-refractivity contribution >= 4 is 15.7 Å². The smallest absolute Gasteiger partial charge is 0.261 e. The average Bonchev–Trinajstić information content (AvgIpc) is 2.32. The van der Waals surface area contributed by atoms with Gasteiger partial charge in [0.25, 0.3) is 10.0 Å². The van der Waals surface area contributed by atoms with E-state index in [-0.39, 0.29) is 10.5 Å². The number of aromatic nitrogens is 1. The number of benzene rings is 1. The summed E-state index contributed by atoms with van der Waals surface area (Å²) >= 11 is 0. The molecule has 1 aromatic heterocycles. The third-order valence-corrected chi connectivity index (χ3v) is 3.76. The molecule has 0 aliphatic heterocycles. The molecule has 94 valence electrons. The van der Waals surface area contributed by atoms with Gasteiger partial charge < -0.3 is 4.98 Å². The molecule has 0 spiro atoms. The van der Waals surface area contributed by atoms with Gasteiger partial charge in [-0.1, -0.05) is 17.7 Å². The fourth-order valence-corrected chi connectivity index (χ4v) is 2.46. The molecule has 6 heteroatoms. The Balaban J connectivity index is 2.29. The van der Waals surface area contributed by atoms with Gasteiger partial charge in [0.1, 0.15) is 0 Å². The van der Waals surface area contributed by atoms with Gasteiger partial charge in [-0.25, -0.2) is 8.42 Å². The second kappa shape index (κ2) is 4.66. The standard InChI is InChI=1S/C12H12N2O3S/c1-9-2-5-11(6-3-9)18(16,17)14-10-4-7-12(15)13-8-10/h2-8,14H,1H3,(H,13,15). The van der Waals surface area contributed by atoms with Crippen LogP contribution in [-0.2, 0) is 10.0 Å². The number of hydrogen-bond acceptors (Lipinski definition) is 3. The van der Waals surface area contributed by atoms with E-state index in [0.29, 0.717) is 5.69 Å². The van der Waals surface area contributed by atoms with E-state index in [0.717, 1.165) is 5.56 Å². The molecule has 0 saturated carbocycles. The minimum atomic E-state index is -3.61. The molecule has 5 nitrogen and oxygen atoms in total. The Hall–Kier alpha value is -2.08. The van der Waals surface area contributed by atoms with Crippen LogP contribution in [0, 0.1) is 6.92 Å². The van der Waals surface area contributed by atoms with Crippen molar-refractivity contribution in [1.82, 2.24) is 4.98 Å². The predicted octanol–water partition coefficient (Wildman–Crippen LogP) is 1.48. The topological polar surface area (TPSA) is 79.0 Å². The second-order valence-electron chi connectivity index (χ2n) is 3.86. The molecule has 1 aromatic carbocycles. The molecule has 0 bridgehead atoms. The normalized spacial score (nSPS) is 11.2. The predicted molar refractivity (Wildman–Crippen MR) is 69.1 cm³/mol. The first-order valence-corrected chi connectivity index (χ1v) is 6.74. The molecule has 0 radical (unpaired) electrons. The van der Waals surface area contributed by atoms with Crippen LogP contribution in [0.3, 0.4) is 0 Å². The zero-order valence-electron chi connectivity index (χ0n) is 9.67. The summed E-state index contributed by atoms with van der Waals surface area (Å²) in [5, 5.41) is 0. The van der Waals surface area contributed by atoms with Crippen molar-refractivity contribution in [1.29, 1.82) is 0 Å². The highest BCUT2D eigenvalue weighted by molar-refractivity contribution is 7.92. The zero-order chi connectivity index (χ0) is 13.2. The molecular formula is C12H12N2O3S. The van der Waals surface area contributed by atoms with Crippen LogP contribution in [-0.4, -0.2) is 13.4 Å². The first kappa shape index (κ1) is 12.4. The highest BCUT2D eigenvalue weighted by Crippen LogP contribution is 2.14. The van der Waals surface area contributed by atoms with Crippen LogP contribution in [0.1, 0.15) is 5.56 Å². The number of anilines is 1. The van der Waals surface area contributed by atoms with Gasteiger partial charge in [-0.15, -0.1) is 0 Å². The van der Waals surface area contributed by atoms with Gasteiger partial charge in [0.05, 0.1) is 10.6 Å². The first-order valence-electron chi connectivity index (χ1n) is 5.26. The van der Waals surface area contributed by atoms with E-state index in [1.165, 1.54) is 30.5 Å². The van der Waals surface area contributed by atoms with Crippen molar-refractivity contribution < 1.29 is 8.42 Å². The molecule has 2 N–H and O–H groups in total. The number of H-pyrrole nitrogens is 1. The Kier molecular flexibility index (Phi) is 3.20. The number of pyridine rings is 1. The maximum absolute atomic E-state index is 12.0. The number of rotatable bonds is 3. The lowest BCUT2D eigenvalue weighted by Gasteiger charge is -2.07. The third-order valence-electron chi connectivity index (χ3n) is 2.37. The molecule has 2 aromatic rings. The van der Waals surface area contributed by atoms with Gasteiger partial charge in [0.2, 0.25) is 5.56 Å². The molecule has 0 fully saturated rings. The average molecular weight is 264 g/mol. The Morgan fingerprint density at radius 2 is 1.72 bits per heavy atom. The van der Waals surface area contributed by atoms with E-state index >= 15 is 0 Å². The fourth-order valence-electron chi connectivity index (χ4n) is 1.41. The lowest BCUT2D eigenvalue weighted by Crippen LogP contribution is -2.14. The van der Waals surface area contributed by atoms with Crippen LogP contribution in [0.5, 0.6) is 0 Å². The summed E-state index contributed by atoms with van der Waals surface area (Å²) in [5.74, 6) is 0. The van der Waals surface area contributed by atoms with E-state index in [1.54, 1.807) is 12.1 Å². The summed E-state index contributed by atoms with van der Waals surface area (Å²) in [6.07, 6.45) is 1.31. The van der Waals surface area contributed by atoms with Crippen molar-refractivity contribution in [3.8, 4) is 0 Å². The zero-order valence-corrected chi connectivity index (χ0v) is 10.5. The molecule has 0 atom stereocenters. The minimum Gasteiger partial charge on any atom is -0.327 e. The highest BCUT2D eigenvalue weighted by atomic mass is 32.2. The lowest BCUT2D eigenvalue weighted by molar-refractivity contribution is 0.601. The fraction of sp³-hybridized carbons (Fsp3) is 0.0833. The number of sulfonamides is 1. The van der Waals surface area contributed by atoms with Crippen LogP contribution in [0.4, 0.5) is 5.69 Å². The Bertz CT molecular complexity index is 682. The van der Waals surface area contributed by atoms with Gasteiger partial charge in [-0.05, 0) is 25.1 Å². The summed E-state index contributed by atoms with van der Waals surface area (Å²) in [7, 11) is -3.61. The molecule has 1 heterocycles. The van der Waals surface area contributed by atoms with Crippen LogP contribution in [0.25, 0.3) is 0 Å². The summed E-state index contributed by atoms with van der Waals surface area (Å²) in [6, 6.07) is 9.17. The molecule has 0 amide bonds. The summed E-state index contributed by atoms with van der Waals surface area (Å²) in [5.41, 5.74) is 1.02. The molecule has 0 saturated heterocycles. The van der Waals surface area contributed by atoms with Crippen molar-refractivity contribution in [2.45, 2.75) is 11.8 Å². The second-order valence-corrected chi connectivity index (χ2v) is 5.54. The van der Waals surface area contributed by atoms with Crippen LogP contribution in [0.15, 0.2) is 52.3 Å². The largest absolute Gasteiger partial charge is 0.327 e. The van der Waals surface area contributed by atoms with Gasteiger partial charge in [0.15, 0.2) is 0 Å². The Labute approximate surface area is 105 Å². The van der Waals surface area contributed by atoms with Crippen LogP contribution in [0.2, 0.25) is 0 Å². The molecule has 0 aliphatic rings. The SMILES string of the molecule is Cc1ccc(S(=O)(=O)Nc2ccc(=O)[nH]c2)cc1. The van der Waals surface area contributed by atoms with Crippen molar-refractivity contribution in [2.75, 3.05) is 4.72 Å². The van der Waals surface area contributed by atoms with Crippen LogP contribution < -0.4 is 10.3 Å². The maximum Gasteiger partial charge on any atom is 0.261 e. The van der Waals surface area contributed by atoms with Gasteiger partial charge in [-0.3, -0.25) is 9.52 Å². The monoisotopic (exact) mass is 264 g/mol. The molecular weight excluding hydrogens is 252 g/mol. The summed E-state index contributed by atoms with van der Waals surface area (Å²) in [6.45, 7) is 1.88. The molecule has 0 aliphatic carbocycles. The van der Waals surface area contributed by atoms with E-state index in [9.17, 15) is 13.2 Å². The lowest BCUT2D eigenvalue weighted by atomic mass is 10.2. The van der Waals surface area contributed by atoms with Crippen LogP contribution >= 0.6 is 0 Å². The van der Waals surface area contributed by atoms with E-state index in [2.05, 4.69) is 9.71 Å². The number of aryl methyl sites for hydroxylation is 1. The van der Waals surface area contributed by atoms with E-state index < -0.39 is 10.0 Å². The van der Waals surface area contributed by atoms with Crippen molar-refractivity contribution in [3.05, 3.63) is 58.5 Å². The Morgan fingerprint density at radius 3 is 2.28 bits per heavy atom. The number of aromatic amines is 1. The maximum atomic E-state index is 12.0. The van der Waals surface area contributed by atoms with Gasteiger partial charge in [-0.2, -0.15) is 0 Å². The summed E-state index contributed by atoms with van der Waals surface area (Å²) in [4.78, 5) is 13.4. The molecule has 0 unspecified atom stereocenters. The van der Waals surface area contributed by atoms with Gasteiger partial charge >= 0.3 is 0 Å². The van der Waals surface area contributed by atoms with E-state index in [1.807, 2.05) is 6.92 Å². The third kappa shape index (κ3) is 2.78.